The Bertz CT molecular complexity index is 248. The summed E-state index contributed by atoms with van der Waals surface area (Å²) in [5.41, 5.74) is 0. The summed E-state index contributed by atoms with van der Waals surface area (Å²) in [6.07, 6.45) is 0. The van der Waals surface area contributed by atoms with Crippen molar-refractivity contribution in [2.75, 3.05) is 32.7 Å². The van der Waals surface area contributed by atoms with Gasteiger partial charge in [0.05, 0.1) is 0 Å². The van der Waals surface area contributed by atoms with Crippen molar-refractivity contribution in [2.45, 2.75) is 64.8 Å². The summed E-state index contributed by atoms with van der Waals surface area (Å²) in [6.45, 7) is 16.3. The van der Waals surface area contributed by atoms with E-state index in [0.29, 0.717) is 30.2 Å². The third-order valence-corrected chi connectivity index (χ3v) is 3.79. The van der Waals surface area contributed by atoms with E-state index in [2.05, 4.69) is 61.2 Å². The Balaban J connectivity index is 2.45. The van der Waals surface area contributed by atoms with Crippen molar-refractivity contribution >= 4 is 0 Å². The van der Waals surface area contributed by atoms with Crippen molar-refractivity contribution < 1.29 is 0 Å². The van der Waals surface area contributed by atoms with Crippen molar-refractivity contribution in [2.24, 2.45) is 0 Å². The molecule has 0 spiro atoms. The zero-order chi connectivity index (χ0) is 15.0. The van der Waals surface area contributed by atoms with Gasteiger partial charge in [-0.1, -0.05) is 0 Å². The molecule has 20 heavy (non-hydrogen) atoms. The lowest BCUT2D eigenvalue weighted by molar-refractivity contribution is 0.400. The molecular formula is C15H35N5. The van der Waals surface area contributed by atoms with Crippen LogP contribution in [0.1, 0.15) is 34.6 Å². The Morgan fingerprint density at radius 3 is 1.40 bits per heavy atom. The maximum Gasteiger partial charge on any atom is 0.0167 e. The molecule has 1 saturated heterocycles. The van der Waals surface area contributed by atoms with E-state index in [-0.39, 0.29) is 0 Å². The highest BCUT2D eigenvalue weighted by Crippen LogP contribution is 1.90. The Kier molecular flexibility index (Phi) is 8.64. The van der Waals surface area contributed by atoms with Crippen LogP contribution in [-0.4, -0.2) is 62.9 Å². The highest BCUT2D eigenvalue weighted by molar-refractivity contribution is 4.77. The molecule has 5 nitrogen and oxygen atoms in total. The zero-order valence-corrected chi connectivity index (χ0v) is 13.9. The zero-order valence-electron chi connectivity index (χ0n) is 13.9. The van der Waals surface area contributed by atoms with Crippen LogP contribution in [0, 0.1) is 0 Å². The molecule has 1 rings (SSSR count). The van der Waals surface area contributed by atoms with Gasteiger partial charge in [0.2, 0.25) is 0 Å². The third-order valence-electron chi connectivity index (χ3n) is 3.79. The fraction of sp³-hybridized carbons (Fsp3) is 1.00. The molecule has 0 unspecified atom stereocenters. The summed E-state index contributed by atoms with van der Waals surface area (Å²) in [6, 6.07) is 2.49. The minimum atomic E-state index is 0.493. The van der Waals surface area contributed by atoms with Crippen LogP contribution in [0.3, 0.4) is 0 Å². The summed E-state index contributed by atoms with van der Waals surface area (Å²) in [5, 5.41) is 17.9. The van der Waals surface area contributed by atoms with E-state index in [1.807, 2.05) is 0 Å². The Morgan fingerprint density at radius 2 is 0.850 bits per heavy atom. The van der Waals surface area contributed by atoms with Crippen molar-refractivity contribution in [3.05, 3.63) is 0 Å². The molecule has 120 valence electrons. The van der Waals surface area contributed by atoms with Crippen molar-refractivity contribution in [3.63, 3.8) is 0 Å². The predicted octanol–water partition coefficient (Wildman–Crippen LogP) is -0.109. The van der Waals surface area contributed by atoms with Gasteiger partial charge in [-0.25, -0.2) is 0 Å². The summed E-state index contributed by atoms with van der Waals surface area (Å²) >= 11 is 0. The van der Waals surface area contributed by atoms with Crippen LogP contribution in [0.15, 0.2) is 0 Å². The first-order chi connectivity index (χ1) is 9.47. The van der Waals surface area contributed by atoms with Gasteiger partial charge >= 0.3 is 0 Å². The molecule has 0 saturated carbocycles. The van der Waals surface area contributed by atoms with E-state index in [4.69, 9.17) is 0 Å². The molecule has 0 bridgehead atoms. The number of nitrogens with one attached hydrogen (secondary N) is 5. The largest absolute Gasteiger partial charge is 0.314 e. The van der Waals surface area contributed by atoms with E-state index >= 15 is 0 Å². The second kappa shape index (κ2) is 9.68. The molecule has 1 aliphatic heterocycles. The topological polar surface area (TPSA) is 60.1 Å². The summed E-state index contributed by atoms with van der Waals surface area (Å²) in [4.78, 5) is 0. The van der Waals surface area contributed by atoms with Crippen molar-refractivity contribution in [3.8, 4) is 0 Å². The minimum absolute atomic E-state index is 0.493. The number of rotatable bonds is 0. The minimum Gasteiger partial charge on any atom is -0.314 e. The van der Waals surface area contributed by atoms with Gasteiger partial charge in [-0.05, 0) is 34.6 Å². The fourth-order valence-corrected chi connectivity index (χ4v) is 2.47. The summed E-state index contributed by atoms with van der Waals surface area (Å²) in [5.74, 6) is 0. The van der Waals surface area contributed by atoms with E-state index in [9.17, 15) is 0 Å². The monoisotopic (exact) mass is 285 g/mol. The molecule has 1 heterocycles. The highest BCUT2D eigenvalue weighted by atomic mass is 15.1. The van der Waals surface area contributed by atoms with Crippen LogP contribution in [0.5, 0.6) is 0 Å². The average Bonchev–Trinajstić information content (AvgIpc) is 2.39. The van der Waals surface area contributed by atoms with Gasteiger partial charge in [-0.15, -0.1) is 0 Å². The molecule has 0 aromatic carbocycles. The molecule has 0 aromatic rings. The molecule has 5 atom stereocenters. The van der Waals surface area contributed by atoms with Crippen LogP contribution < -0.4 is 26.6 Å². The summed E-state index contributed by atoms with van der Waals surface area (Å²) in [7, 11) is 0. The highest BCUT2D eigenvalue weighted by Gasteiger charge is 2.12. The molecule has 0 aromatic heterocycles. The predicted molar refractivity (Wildman–Crippen MR) is 87.3 cm³/mol. The average molecular weight is 285 g/mol. The molecule has 0 radical (unpaired) electrons. The lowest BCUT2D eigenvalue weighted by Gasteiger charge is -2.23. The van der Waals surface area contributed by atoms with Gasteiger partial charge in [0.25, 0.3) is 0 Å². The molecule has 1 fully saturated rings. The molecule has 5 heteroatoms. The van der Waals surface area contributed by atoms with Crippen molar-refractivity contribution in [1.29, 1.82) is 0 Å². The molecule has 0 aliphatic carbocycles. The normalized spacial score (nSPS) is 39.8. The third kappa shape index (κ3) is 8.17. The molecule has 0 amide bonds. The molecular weight excluding hydrogens is 250 g/mol. The standard InChI is InChI=1S/C15H35N5/c1-11-6-16-7-14(4)20-15(5)10-19-13(3)9-18-12(2)8-17-11/h11-20H,6-10H2,1-5H3/t11-,12-,13+,14-,15-/m0/s1. The van der Waals surface area contributed by atoms with E-state index in [1.165, 1.54) is 0 Å². The lowest BCUT2D eigenvalue weighted by Crippen LogP contribution is -2.48. The van der Waals surface area contributed by atoms with Crippen LogP contribution >= 0.6 is 0 Å². The van der Waals surface area contributed by atoms with Crippen LogP contribution in [0.4, 0.5) is 0 Å². The van der Waals surface area contributed by atoms with Gasteiger partial charge in [-0.2, -0.15) is 0 Å². The quantitative estimate of drug-likeness (QED) is 0.430. The fourth-order valence-electron chi connectivity index (χ4n) is 2.47. The summed E-state index contributed by atoms with van der Waals surface area (Å²) < 4.78 is 0. The van der Waals surface area contributed by atoms with E-state index in [0.717, 1.165) is 32.7 Å². The second-order valence-corrected chi connectivity index (χ2v) is 6.55. The Hall–Kier alpha value is -0.200. The molecule has 5 N–H and O–H groups in total. The maximum absolute atomic E-state index is 3.63. The maximum atomic E-state index is 3.63. The van der Waals surface area contributed by atoms with Gasteiger partial charge < -0.3 is 26.6 Å². The van der Waals surface area contributed by atoms with Crippen LogP contribution in [0.25, 0.3) is 0 Å². The first kappa shape index (κ1) is 17.9. The second-order valence-electron chi connectivity index (χ2n) is 6.55. The van der Waals surface area contributed by atoms with Gasteiger partial charge in [-0.3, -0.25) is 0 Å². The van der Waals surface area contributed by atoms with Gasteiger partial charge in [0.15, 0.2) is 0 Å². The number of hydrogen-bond donors (Lipinski definition) is 5. The van der Waals surface area contributed by atoms with E-state index < -0.39 is 0 Å². The van der Waals surface area contributed by atoms with Crippen molar-refractivity contribution in [1.82, 2.24) is 26.6 Å². The van der Waals surface area contributed by atoms with Gasteiger partial charge in [0, 0.05) is 62.9 Å². The Labute approximate surface area is 125 Å². The van der Waals surface area contributed by atoms with E-state index in [1.54, 1.807) is 0 Å². The smallest absolute Gasteiger partial charge is 0.0167 e. The SMILES string of the molecule is C[C@@H]1CN[C@@H](C)CN[C@@H](C)CNC[C@H](C)N[C@@H](C)CN1. The lowest BCUT2D eigenvalue weighted by atomic mass is 10.2. The van der Waals surface area contributed by atoms with Gasteiger partial charge in [0.1, 0.15) is 0 Å². The van der Waals surface area contributed by atoms with Crippen LogP contribution in [-0.2, 0) is 0 Å². The first-order valence-corrected chi connectivity index (χ1v) is 8.14. The Morgan fingerprint density at radius 1 is 0.500 bits per heavy atom. The van der Waals surface area contributed by atoms with Crippen LogP contribution in [0.2, 0.25) is 0 Å². The molecule has 1 aliphatic rings. The number of hydrogen-bond acceptors (Lipinski definition) is 5. The first-order valence-electron chi connectivity index (χ1n) is 8.14.